The minimum absolute atomic E-state index is 0.216. The molecule has 0 radical (unpaired) electrons. The molecule has 30 heavy (non-hydrogen) atoms. The lowest BCUT2D eigenvalue weighted by atomic mass is 10.1. The first-order chi connectivity index (χ1) is 14.8. The highest BCUT2D eigenvalue weighted by molar-refractivity contribution is 5.79. The lowest BCUT2D eigenvalue weighted by Crippen LogP contribution is -2.42. The van der Waals surface area contributed by atoms with Gasteiger partial charge in [0.2, 0.25) is 0 Å². The number of hydrogen-bond donors (Lipinski definition) is 2. The number of nitrogens with one attached hydrogen (secondary N) is 2. The summed E-state index contributed by atoms with van der Waals surface area (Å²) in [7, 11) is 1.81. The standard InChI is InChI=1S/C23H30N6O/c1-24-23(26-17-21(22-10-6-15-30-22)28-12-4-5-13-28)25-16-19-8-2-3-9-20(19)18-29-14-7-11-27-29/h2-3,6-11,14-15,21H,4-5,12-13,16-18H2,1H3,(H2,24,25,26). The van der Waals surface area contributed by atoms with Gasteiger partial charge in [0.25, 0.3) is 0 Å². The molecule has 1 aliphatic rings. The van der Waals surface area contributed by atoms with Gasteiger partial charge in [0.1, 0.15) is 5.76 Å². The highest BCUT2D eigenvalue weighted by Crippen LogP contribution is 2.24. The molecule has 3 heterocycles. The summed E-state index contributed by atoms with van der Waals surface area (Å²) in [6, 6.07) is 14.6. The van der Waals surface area contributed by atoms with E-state index < -0.39 is 0 Å². The van der Waals surface area contributed by atoms with E-state index in [4.69, 9.17) is 4.42 Å². The summed E-state index contributed by atoms with van der Waals surface area (Å²) in [5, 5.41) is 11.3. The molecule has 158 valence electrons. The molecule has 1 aromatic carbocycles. The van der Waals surface area contributed by atoms with Crippen molar-refractivity contribution in [2.45, 2.75) is 32.0 Å². The van der Waals surface area contributed by atoms with Crippen molar-refractivity contribution in [1.29, 1.82) is 0 Å². The third-order valence-corrected chi connectivity index (χ3v) is 5.60. The fourth-order valence-electron chi connectivity index (χ4n) is 3.99. The number of likely N-dealkylation sites (tertiary alicyclic amines) is 1. The van der Waals surface area contributed by atoms with Crippen molar-refractivity contribution in [2.24, 2.45) is 4.99 Å². The molecule has 2 N–H and O–H groups in total. The second-order valence-electron chi connectivity index (χ2n) is 7.55. The van der Waals surface area contributed by atoms with Crippen LogP contribution in [0.5, 0.6) is 0 Å². The summed E-state index contributed by atoms with van der Waals surface area (Å²) in [4.78, 5) is 6.90. The maximum atomic E-state index is 5.72. The van der Waals surface area contributed by atoms with Crippen LogP contribution in [0.4, 0.5) is 0 Å². The normalized spacial score (nSPS) is 16.0. The smallest absolute Gasteiger partial charge is 0.191 e. The van der Waals surface area contributed by atoms with Gasteiger partial charge >= 0.3 is 0 Å². The van der Waals surface area contributed by atoms with Crippen molar-refractivity contribution < 1.29 is 4.42 Å². The van der Waals surface area contributed by atoms with Crippen LogP contribution in [0.1, 0.15) is 35.8 Å². The Hall–Kier alpha value is -3.06. The molecule has 7 nitrogen and oxygen atoms in total. The Morgan fingerprint density at radius 1 is 1.10 bits per heavy atom. The first kappa shape index (κ1) is 20.2. The number of benzene rings is 1. The van der Waals surface area contributed by atoms with Crippen molar-refractivity contribution in [3.63, 3.8) is 0 Å². The Balaban J connectivity index is 1.36. The molecule has 0 aliphatic carbocycles. The van der Waals surface area contributed by atoms with E-state index in [1.165, 1.54) is 24.0 Å². The van der Waals surface area contributed by atoms with Crippen molar-refractivity contribution >= 4 is 5.96 Å². The first-order valence-electron chi connectivity index (χ1n) is 10.6. The molecular formula is C23H30N6O. The Morgan fingerprint density at radius 3 is 2.63 bits per heavy atom. The third-order valence-electron chi connectivity index (χ3n) is 5.60. The molecule has 1 atom stereocenters. The summed E-state index contributed by atoms with van der Waals surface area (Å²) in [5.41, 5.74) is 2.48. The highest BCUT2D eigenvalue weighted by Gasteiger charge is 2.25. The lowest BCUT2D eigenvalue weighted by molar-refractivity contribution is 0.215. The van der Waals surface area contributed by atoms with Crippen LogP contribution in [-0.2, 0) is 13.1 Å². The Morgan fingerprint density at radius 2 is 1.93 bits per heavy atom. The van der Waals surface area contributed by atoms with Crippen LogP contribution >= 0.6 is 0 Å². The average molecular weight is 407 g/mol. The molecule has 1 fully saturated rings. The molecule has 0 spiro atoms. The number of aromatic nitrogens is 2. The summed E-state index contributed by atoms with van der Waals surface area (Å²) in [5.74, 6) is 1.80. The summed E-state index contributed by atoms with van der Waals surface area (Å²) < 4.78 is 7.66. The van der Waals surface area contributed by atoms with Crippen LogP contribution in [0, 0.1) is 0 Å². The van der Waals surface area contributed by atoms with Crippen molar-refractivity contribution in [3.05, 3.63) is 78.0 Å². The Kier molecular flexibility index (Phi) is 6.82. The van der Waals surface area contributed by atoms with E-state index in [1.54, 1.807) is 6.26 Å². The van der Waals surface area contributed by atoms with Crippen molar-refractivity contribution in [3.8, 4) is 0 Å². The molecule has 1 unspecified atom stereocenters. The quantitative estimate of drug-likeness (QED) is 0.445. The fraction of sp³-hybridized carbons (Fsp3) is 0.391. The molecule has 0 saturated carbocycles. The number of nitrogens with zero attached hydrogens (tertiary/aromatic N) is 4. The molecular weight excluding hydrogens is 376 g/mol. The van der Waals surface area contributed by atoms with Crippen LogP contribution in [-0.4, -0.2) is 47.3 Å². The van der Waals surface area contributed by atoms with E-state index in [0.717, 1.165) is 37.9 Å². The van der Waals surface area contributed by atoms with Crippen LogP contribution in [0.15, 0.2) is 70.5 Å². The van der Waals surface area contributed by atoms with E-state index in [1.807, 2.05) is 36.3 Å². The largest absolute Gasteiger partial charge is 0.468 e. The van der Waals surface area contributed by atoms with E-state index in [9.17, 15) is 0 Å². The third kappa shape index (κ3) is 5.10. The van der Waals surface area contributed by atoms with E-state index >= 15 is 0 Å². The van der Waals surface area contributed by atoms with E-state index in [2.05, 4.69) is 56.0 Å². The van der Waals surface area contributed by atoms with Gasteiger partial charge in [-0.05, 0) is 55.3 Å². The molecule has 7 heteroatoms. The molecule has 0 amide bonds. The van der Waals surface area contributed by atoms with Crippen LogP contribution < -0.4 is 10.6 Å². The summed E-state index contributed by atoms with van der Waals surface area (Å²) in [6.07, 6.45) is 8.04. The number of rotatable bonds is 8. The zero-order valence-corrected chi connectivity index (χ0v) is 17.5. The molecule has 3 aromatic rings. The van der Waals surface area contributed by atoms with Gasteiger partial charge in [-0.25, -0.2) is 0 Å². The number of hydrogen-bond acceptors (Lipinski definition) is 4. The maximum absolute atomic E-state index is 5.72. The van der Waals surface area contributed by atoms with Gasteiger partial charge in [0.05, 0.1) is 18.8 Å². The van der Waals surface area contributed by atoms with Gasteiger partial charge in [0, 0.05) is 32.5 Å². The monoisotopic (exact) mass is 406 g/mol. The Labute approximate surface area is 177 Å². The topological polar surface area (TPSA) is 70.6 Å². The van der Waals surface area contributed by atoms with Crippen molar-refractivity contribution in [1.82, 2.24) is 25.3 Å². The first-order valence-corrected chi connectivity index (χ1v) is 10.6. The predicted octanol–water partition coefficient (Wildman–Crippen LogP) is 3.03. The Bertz CT molecular complexity index is 913. The summed E-state index contributed by atoms with van der Waals surface area (Å²) >= 11 is 0. The second-order valence-corrected chi connectivity index (χ2v) is 7.55. The number of furan rings is 1. The van der Waals surface area contributed by atoms with Gasteiger partial charge in [-0.15, -0.1) is 0 Å². The van der Waals surface area contributed by atoms with Gasteiger partial charge < -0.3 is 15.1 Å². The molecule has 2 aromatic heterocycles. The highest BCUT2D eigenvalue weighted by atomic mass is 16.3. The SMILES string of the molecule is CN=C(NCc1ccccc1Cn1cccn1)NCC(c1ccco1)N1CCCC1. The van der Waals surface area contributed by atoms with Crippen LogP contribution in [0.3, 0.4) is 0 Å². The average Bonchev–Trinajstić information content (AvgIpc) is 3.56. The molecule has 1 aliphatic heterocycles. The predicted molar refractivity (Wildman–Crippen MR) is 118 cm³/mol. The number of guanidine groups is 1. The molecule has 1 saturated heterocycles. The van der Waals surface area contributed by atoms with Gasteiger partial charge in [0.15, 0.2) is 5.96 Å². The minimum atomic E-state index is 0.216. The zero-order valence-electron chi connectivity index (χ0n) is 17.5. The van der Waals surface area contributed by atoms with E-state index in [-0.39, 0.29) is 6.04 Å². The van der Waals surface area contributed by atoms with Gasteiger partial charge in [-0.3, -0.25) is 14.6 Å². The second kappa shape index (κ2) is 10.1. The van der Waals surface area contributed by atoms with Crippen LogP contribution in [0.2, 0.25) is 0 Å². The maximum Gasteiger partial charge on any atom is 0.191 e. The molecule has 0 bridgehead atoms. The van der Waals surface area contributed by atoms with Gasteiger partial charge in [-0.2, -0.15) is 5.10 Å². The fourth-order valence-corrected chi connectivity index (χ4v) is 3.99. The lowest BCUT2D eigenvalue weighted by Gasteiger charge is -2.26. The minimum Gasteiger partial charge on any atom is -0.468 e. The molecule has 4 rings (SSSR count). The van der Waals surface area contributed by atoms with E-state index in [0.29, 0.717) is 6.54 Å². The summed E-state index contributed by atoms with van der Waals surface area (Å²) in [6.45, 7) is 4.43. The van der Waals surface area contributed by atoms with Crippen LogP contribution in [0.25, 0.3) is 0 Å². The zero-order chi connectivity index (χ0) is 20.6. The number of aliphatic imine (C=N–C) groups is 1. The van der Waals surface area contributed by atoms with Gasteiger partial charge in [-0.1, -0.05) is 24.3 Å². The van der Waals surface area contributed by atoms with Crippen molar-refractivity contribution in [2.75, 3.05) is 26.7 Å².